The second-order valence-corrected chi connectivity index (χ2v) is 5.13. The quantitative estimate of drug-likeness (QED) is 0.822. The normalized spacial score (nSPS) is 13.9. The number of rotatable bonds is 2. The second kappa shape index (κ2) is 5.05. The summed E-state index contributed by atoms with van der Waals surface area (Å²) in [5.74, 6) is 0.242. The van der Waals surface area contributed by atoms with Gasteiger partial charge in [0, 0.05) is 24.7 Å². The molecule has 1 aliphatic rings. The molecule has 0 saturated heterocycles. The van der Waals surface area contributed by atoms with E-state index in [9.17, 15) is 9.59 Å². The lowest BCUT2D eigenvalue weighted by atomic mass is 9.97. The Bertz CT molecular complexity index is 720. The number of nitrogens with zero attached hydrogens (tertiary/aromatic N) is 2. The number of fused-ring (bicyclic) bond motifs is 1. The molecule has 0 bridgehead atoms. The Morgan fingerprint density at radius 2 is 2.29 bits per heavy atom. The molecule has 6 heteroatoms. The molecule has 1 aromatic heterocycles. The monoisotopic (exact) mass is 284 g/mol. The molecule has 0 fully saturated rings. The van der Waals surface area contributed by atoms with E-state index in [4.69, 9.17) is 5.73 Å². The Kier molecular flexibility index (Phi) is 3.21. The number of hydrogen-bond donors (Lipinski definition) is 2. The van der Waals surface area contributed by atoms with Gasteiger partial charge in [0.05, 0.1) is 11.3 Å². The largest absolute Gasteiger partial charge is 0.382 e. The van der Waals surface area contributed by atoms with Gasteiger partial charge in [0.25, 0.3) is 0 Å². The number of nitrogens with two attached hydrogens (primary N) is 1. The molecule has 0 spiro atoms. The summed E-state index contributed by atoms with van der Waals surface area (Å²) in [7, 11) is 0. The number of H-pyrrole nitrogens is 1. The number of carbonyl (C=O) groups is 2. The summed E-state index contributed by atoms with van der Waals surface area (Å²) in [4.78, 5) is 24.6. The Morgan fingerprint density at radius 1 is 1.48 bits per heavy atom. The summed E-state index contributed by atoms with van der Waals surface area (Å²) in [6.07, 6.45) is 2.55. The van der Waals surface area contributed by atoms with E-state index >= 15 is 0 Å². The molecule has 0 atom stereocenters. The number of anilines is 2. The van der Waals surface area contributed by atoms with Crippen molar-refractivity contribution in [1.29, 1.82) is 0 Å². The van der Waals surface area contributed by atoms with Gasteiger partial charge < -0.3 is 10.6 Å². The number of amides is 1. The van der Waals surface area contributed by atoms with Crippen molar-refractivity contribution in [2.45, 2.75) is 19.8 Å². The minimum Gasteiger partial charge on any atom is -0.382 e. The van der Waals surface area contributed by atoms with Crippen LogP contribution in [-0.4, -0.2) is 28.9 Å². The first kappa shape index (κ1) is 13.4. The van der Waals surface area contributed by atoms with Crippen LogP contribution in [0.2, 0.25) is 0 Å². The van der Waals surface area contributed by atoms with Crippen molar-refractivity contribution in [3.05, 3.63) is 29.3 Å². The first-order valence-electron chi connectivity index (χ1n) is 6.82. The molecule has 3 N–H and O–H groups in total. The third kappa shape index (κ3) is 2.18. The van der Waals surface area contributed by atoms with Gasteiger partial charge in [-0.3, -0.25) is 14.7 Å². The van der Waals surface area contributed by atoms with Crippen LogP contribution in [0.1, 0.15) is 29.3 Å². The van der Waals surface area contributed by atoms with E-state index in [2.05, 4.69) is 10.2 Å². The van der Waals surface area contributed by atoms with E-state index in [0.29, 0.717) is 17.5 Å². The first-order chi connectivity index (χ1) is 10.1. The summed E-state index contributed by atoms with van der Waals surface area (Å²) in [5.41, 5.74) is 9.54. The van der Waals surface area contributed by atoms with Crippen molar-refractivity contribution in [3.8, 4) is 11.3 Å². The summed E-state index contributed by atoms with van der Waals surface area (Å²) in [5, 5.41) is 6.67. The Labute approximate surface area is 121 Å². The summed E-state index contributed by atoms with van der Waals surface area (Å²) >= 11 is 0. The van der Waals surface area contributed by atoms with Crippen LogP contribution >= 0.6 is 0 Å². The third-order valence-electron chi connectivity index (χ3n) is 3.82. The molecule has 2 heterocycles. The molecule has 108 valence electrons. The van der Waals surface area contributed by atoms with Crippen molar-refractivity contribution in [3.63, 3.8) is 0 Å². The zero-order valence-corrected chi connectivity index (χ0v) is 11.7. The van der Waals surface area contributed by atoms with Crippen molar-refractivity contribution in [1.82, 2.24) is 10.2 Å². The van der Waals surface area contributed by atoms with Gasteiger partial charge in [0.15, 0.2) is 12.1 Å². The fourth-order valence-electron chi connectivity index (χ4n) is 2.78. The molecule has 3 rings (SSSR count). The predicted octanol–water partition coefficient (Wildman–Crippen LogP) is 1.77. The molecule has 2 aromatic rings. The van der Waals surface area contributed by atoms with E-state index in [1.165, 1.54) is 0 Å². The van der Waals surface area contributed by atoms with Crippen molar-refractivity contribution in [2.75, 3.05) is 17.2 Å². The molecule has 1 aromatic carbocycles. The Hall–Kier alpha value is -2.63. The zero-order valence-electron chi connectivity index (χ0n) is 11.7. The van der Waals surface area contributed by atoms with Crippen LogP contribution in [0.15, 0.2) is 18.2 Å². The van der Waals surface area contributed by atoms with Gasteiger partial charge in [0.1, 0.15) is 0 Å². The van der Waals surface area contributed by atoms with E-state index in [-0.39, 0.29) is 11.7 Å². The highest BCUT2D eigenvalue weighted by Gasteiger charge is 2.21. The third-order valence-corrected chi connectivity index (χ3v) is 3.82. The maximum Gasteiger partial charge on any atom is 0.223 e. The van der Waals surface area contributed by atoms with Crippen molar-refractivity contribution in [2.24, 2.45) is 0 Å². The van der Waals surface area contributed by atoms with E-state index in [1.807, 2.05) is 18.2 Å². The topological polar surface area (TPSA) is 92.1 Å². The van der Waals surface area contributed by atoms with Gasteiger partial charge in [-0.2, -0.15) is 5.10 Å². The van der Waals surface area contributed by atoms with Crippen LogP contribution in [0, 0.1) is 0 Å². The zero-order chi connectivity index (χ0) is 15.0. The summed E-state index contributed by atoms with van der Waals surface area (Å²) < 4.78 is 0. The molecule has 6 nitrogen and oxygen atoms in total. The van der Waals surface area contributed by atoms with Crippen LogP contribution < -0.4 is 10.6 Å². The fraction of sp³-hybridized carbons (Fsp3) is 0.267. The number of hydrogen-bond acceptors (Lipinski definition) is 4. The number of benzene rings is 1. The fourth-order valence-corrected chi connectivity index (χ4v) is 2.78. The minimum atomic E-state index is 0.0445. The smallest absolute Gasteiger partial charge is 0.223 e. The van der Waals surface area contributed by atoms with E-state index in [0.717, 1.165) is 36.2 Å². The van der Waals surface area contributed by atoms with Crippen LogP contribution in [-0.2, 0) is 11.2 Å². The number of nitrogens with one attached hydrogen (secondary N) is 1. The average Bonchev–Trinajstić information content (AvgIpc) is 2.86. The molecule has 0 saturated carbocycles. The number of aromatic amines is 1. The molecule has 1 amide bonds. The molecule has 0 radical (unpaired) electrons. The van der Waals surface area contributed by atoms with Gasteiger partial charge in [0.2, 0.25) is 5.91 Å². The standard InChI is InChI=1S/C15H16N4O2/c1-9(21)19-6-2-3-10-7-11(4-5-13(10)19)14-12(8-20)15(16)18-17-14/h4-5,7-8H,2-3,6H2,1H3,(H3,16,17,18). The molecule has 0 unspecified atom stereocenters. The minimum absolute atomic E-state index is 0.0445. The molecule has 0 aliphatic carbocycles. The predicted molar refractivity (Wildman–Crippen MR) is 80.2 cm³/mol. The summed E-state index contributed by atoms with van der Waals surface area (Å²) in [6, 6.07) is 5.78. The lowest BCUT2D eigenvalue weighted by molar-refractivity contribution is -0.116. The molecular formula is C15H16N4O2. The number of nitrogen functional groups attached to an aromatic ring is 1. The Morgan fingerprint density at radius 3 is 3.00 bits per heavy atom. The number of aromatic nitrogens is 2. The first-order valence-corrected chi connectivity index (χ1v) is 6.82. The number of carbonyl (C=O) groups excluding carboxylic acids is 2. The summed E-state index contributed by atoms with van der Waals surface area (Å²) in [6.45, 7) is 2.32. The van der Waals surface area contributed by atoms with Gasteiger partial charge in [-0.05, 0) is 30.5 Å². The van der Waals surface area contributed by atoms with Gasteiger partial charge in [-0.25, -0.2) is 0 Å². The van der Waals surface area contributed by atoms with Crippen LogP contribution in [0.25, 0.3) is 11.3 Å². The average molecular weight is 284 g/mol. The SMILES string of the molecule is CC(=O)N1CCCc2cc(-c3[nH]nc(N)c3C=O)ccc21. The second-order valence-electron chi connectivity index (χ2n) is 5.13. The maximum atomic E-state index is 11.7. The highest BCUT2D eigenvalue weighted by molar-refractivity contribution is 5.94. The number of aryl methyl sites for hydroxylation is 1. The van der Waals surface area contributed by atoms with E-state index in [1.54, 1.807) is 11.8 Å². The Balaban J connectivity index is 2.07. The highest BCUT2D eigenvalue weighted by Crippen LogP contribution is 2.32. The van der Waals surface area contributed by atoms with Gasteiger partial charge in [-0.1, -0.05) is 6.07 Å². The van der Waals surface area contributed by atoms with E-state index < -0.39 is 0 Å². The lowest BCUT2D eigenvalue weighted by Crippen LogP contribution is -2.33. The van der Waals surface area contributed by atoms with Crippen LogP contribution in [0.5, 0.6) is 0 Å². The number of aldehydes is 1. The van der Waals surface area contributed by atoms with Crippen LogP contribution in [0.4, 0.5) is 11.5 Å². The maximum absolute atomic E-state index is 11.7. The molecule has 21 heavy (non-hydrogen) atoms. The van der Waals surface area contributed by atoms with Gasteiger partial charge in [-0.15, -0.1) is 0 Å². The van der Waals surface area contributed by atoms with Crippen LogP contribution in [0.3, 0.4) is 0 Å². The highest BCUT2D eigenvalue weighted by atomic mass is 16.2. The molecular weight excluding hydrogens is 268 g/mol. The van der Waals surface area contributed by atoms with Crippen molar-refractivity contribution < 1.29 is 9.59 Å². The lowest BCUT2D eigenvalue weighted by Gasteiger charge is -2.28. The van der Waals surface area contributed by atoms with Crippen molar-refractivity contribution >= 4 is 23.7 Å². The van der Waals surface area contributed by atoms with Gasteiger partial charge >= 0.3 is 0 Å². The molecule has 1 aliphatic heterocycles.